The van der Waals surface area contributed by atoms with E-state index in [1.54, 1.807) is 12.1 Å². The zero-order valence-corrected chi connectivity index (χ0v) is 16.9. The molecule has 0 spiro atoms. The average molecular weight is 391 g/mol. The molecule has 1 atom stereocenters. The SMILES string of the molecule is CC[C@H](NC(=O)CN(C)S(=O)(=O)c1ccc(OC)cc1)c1ccc(C)cc1. The molecule has 2 aromatic carbocycles. The normalized spacial score (nSPS) is 12.6. The Bertz CT molecular complexity index is 862. The van der Waals surface area contributed by atoms with Crippen LogP contribution in [0.4, 0.5) is 0 Å². The Balaban J connectivity index is 2.05. The Kier molecular flexibility index (Phi) is 6.98. The second-order valence-electron chi connectivity index (χ2n) is 6.38. The summed E-state index contributed by atoms with van der Waals surface area (Å²) in [7, 11) is -0.848. The van der Waals surface area contributed by atoms with Crippen LogP contribution in [0, 0.1) is 6.92 Å². The van der Waals surface area contributed by atoms with Crippen molar-refractivity contribution in [3.8, 4) is 5.75 Å². The molecule has 0 heterocycles. The number of methoxy groups -OCH3 is 1. The standard InChI is InChI=1S/C20H26N2O4S/c1-5-19(16-8-6-15(2)7-9-16)21-20(23)14-22(3)27(24,25)18-12-10-17(26-4)11-13-18/h6-13,19H,5,14H2,1-4H3,(H,21,23)/t19-/m0/s1. The number of hydrogen-bond donors (Lipinski definition) is 1. The van der Waals surface area contributed by atoms with Crippen LogP contribution < -0.4 is 10.1 Å². The van der Waals surface area contributed by atoms with E-state index in [9.17, 15) is 13.2 Å². The lowest BCUT2D eigenvalue weighted by atomic mass is 10.0. The summed E-state index contributed by atoms with van der Waals surface area (Å²) in [5.74, 6) is 0.222. The minimum atomic E-state index is -3.75. The monoisotopic (exact) mass is 390 g/mol. The van der Waals surface area contributed by atoms with Gasteiger partial charge in [0.2, 0.25) is 15.9 Å². The van der Waals surface area contributed by atoms with Crippen LogP contribution in [0.5, 0.6) is 5.75 Å². The fraction of sp³-hybridized carbons (Fsp3) is 0.350. The molecule has 0 aliphatic rings. The Hall–Kier alpha value is -2.38. The minimum absolute atomic E-state index is 0.115. The third kappa shape index (κ3) is 5.30. The van der Waals surface area contributed by atoms with Crippen LogP contribution in [0.1, 0.15) is 30.5 Å². The third-order valence-corrected chi connectivity index (χ3v) is 6.17. The molecule has 0 radical (unpaired) electrons. The summed E-state index contributed by atoms with van der Waals surface area (Å²) in [5.41, 5.74) is 2.14. The van der Waals surface area contributed by atoms with E-state index in [0.29, 0.717) is 12.2 Å². The lowest BCUT2D eigenvalue weighted by Gasteiger charge is -2.21. The van der Waals surface area contributed by atoms with Gasteiger partial charge in [0.15, 0.2) is 0 Å². The summed E-state index contributed by atoms with van der Waals surface area (Å²) in [6.45, 7) is 3.72. The van der Waals surface area contributed by atoms with Gasteiger partial charge in [-0.05, 0) is 43.2 Å². The molecule has 0 bridgehead atoms. The molecule has 1 N–H and O–H groups in total. The number of ether oxygens (including phenoxy) is 1. The molecule has 0 saturated carbocycles. The third-order valence-electron chi connectivity index (χ3n) is 4.36. The smallest absolute Gasteiger partial charge is 0.243 e. The van der Waals surface area contributed by atoms with Crippen molar-refractivity contribution in [2.45, 2.75) is 31.2 Å². The molecule has 1 amide bonds. The predicted octanol–water partition coefficient (Wildman–Crippen LogP) is 2.89. The number of nitrogens with one attached hydrogen (secondary N) is 1. The molecule has 27 heavy (non-hydrogen) atoms. The zero-order chi connectivity index (χ0) is 20.0. The van der Waals surface area contributed by atoms with Gasteiger partial charge < -0.3 is 10.1 Å². The summed E-state index contributed by atoms with van der Waals surface area (Å²) < 4.78 is 31.4. The number of likely N-dealkylation sites (N-methyl/N-ethyl adjacent to an activating group) is 1. The van der Waals surface area contributed by atoms with Crippen LogP contribution in [0.3, 0.4) is 0 Å². The molecule has 0 aliphatic heterocycles. The first-order valence-electron chi connectivity index (χ1n) is 8.74. The summed E-state index contributed by atoms with van der Waals surface area (Å²) in [6, 6.07) is 13.8. The maximum atomic E-state index is 12.6. The van der Waals surface area contributed by atoms with Gasteiger partial charge in [-0.1, -0.05) is 36.8 Å². The molecule has 7 heteroatoms. The van der Waals surface area contributed by atoms with Gasteiger partial charge in [0, 0.05) is 7.05 Å². The molecule has 0 saturated heterocycles. The van der Waals surface area contributed by atoms with Gasteiger partial charge in [-0.25, -0.2) is 8.42 Å². The van der Waals surface area contributed by atoms with Gasteiger partial charge in [-0.2, -0.15) is 4.31 Å². The molecule has 146 valence electrons. The first-order chi connectivity index (χ1) is 12.8. The number of benzene rings is 2. The molecule has 0 aromatic heterocycles. The highest BCUT2D eigenvalue weighted by molar-refractivity contribution is 7.89. The van der Waals surface area contributed by atoms with Crippen molar-refractivity contribution in [1.29, 1.82) is 0 Å². The number of sulfonamides is 1. The number of amides is 1. The van der Waals surface area contributed by atoms with Crippen molar-refractivity contribution in [2.75, 3.05) is 20.7 Å². The second kappa shape index (κ2) is 9.01. The van der Waals surface area contributed by atoms with Gasteiger partial charge in [0.05, 0.1) is 24.6 Å². The van der Waals surface area contributed by atoms with Crippen LogP contribution in [0.15, 0.2) is 53.4 Å². The van der Waals surface area contributed by atoms with Crippen molar-refractivity contribution in [3.63, 3.8) is 0 Å². The van der Waals surface area contributed by atoms with Crippen LogP contribution in [-0.4, -0.2) is 39.3 Å². The van der Waals surface area contributed by atoms with Gasteiger partial charge in [-0.3, -0.25) is 4.79 Å². The summed E-state index contributed by atoms with van der Waals surface area (Å²) in [5, 5.41) is 2.91. The molecule has 6 nitrogen and oxygen atoms in total. The fourth-order valence-corrected chi connectivity index (χ4v) is 3.80. The van der Waals surface area contributed by atoms with Crippen LogP contribution >= 0.6 is 0 Å². The maximum absolute atomic E-state index is 12.6. The average Bonchev–Trinajstić information content (AvgIpc) is 2.66. The molecule has 0 fully saturated rings. The van der Waals surface area contributed by atoms with E-state index in [0.717, 1.165) is 15.4 Å². The first kappa shape index (κ1) is 20.9. The molecule has 0 aliphatic carbocycles. The molecule has 2 aromatic rings. The van der Waals surface area contributed by atoms with E-state index in [2.05, 4.69) is 5.32 Å². The van der Waals surface area contributed by atoms with Gasteiger partial charge in [0.1, 0.15) is 5.75 Å². The summed E-state index contributed by atoms with van der Waals surface area (Å²) in [4.78, 5) is 12.5. The first-order valence-corrected chi connectivity index (χ1v) is 10.2. The molecule has 2 rings (SSSR count). The van der Waals surface area contributed by atoms with E-state index >= 15 is 0 Å². The lowest BCUT2D eigenvalue weighted by molar-refractivity contribution is -0.121. The van der Waals surface area contributed by atoms with E-state index in [1.807, 2.05) is 38.1 Å². The Labute approximate surface area is 161 Å². The lowest BCUT2D eigenvalue weighted by Crippen LogP contribution is -2.39. The fourth-order valence-electron chi connectivity index (χ4n) is 2.67. The van der Waals surface area contributed by atoms with Gasteiger partial charge in [0.25, 0.3) is 0 Å². The van der Waals surface area contributed by atoms with Gasteiger partial charge in [-0.15, -0.1) is 0 Å². The van der Waals surface area contributed by atoms with Crippen molar-refractivity contribution >= 4 is 15.9 Å². The Morgan fingerprint density at radius 1 is 1.11 bits per heavy atom. The van der Waals surface area contributed by atoms with E-state index in [-0.39, 0.29) is 23.4 Å². The number of rotatable bonds is 8. The van der Waals surface area contributed by atoms with Crippen LogP contribution in [-0.2, 0) is 14.8 Å². The van der Waals surface area contributed by atoms with Crippen molar-refractivity contribution in [3.05, 3.63) is 59.7 Å². The number of hydrogen-bond acceptors (Lipinski definition) is 4. The highest BCUT2D eigenvalue weighted by Gasteiger charge is 2.24. The quantitative estimate of drug-likeness (QED) is 0.752. The molecular formula is C20H26N2O4S. The van der Waals surface area contributed by atoms with E-state index < -0.39 is 10.0 Å². The topological polar surface area (TPSA) is 75.7 Å². The summed E-state index contributed by atoms with van der Waals surface area (Å²) in [6.07, 6.45) is 0.712. The highest BCUT2D eigenvalue weighted by atomic mass is 32.2. The number of carbonyl (C=O) groups excluding carboxylic acids is 1. The van der Waals surface area contributed by atoms with Gasteiger partial charge >= 0.3 is 0 Å². The Morgan fingerprint density at radius 2 is 1.70 bits per heavy atom. The van der Waals surface area contributed by atoms with Crippen LogP contribution in [0.25, 0.3) is 0 Å². The van der Waals surface area contributed by atoms with Crippen molar-refractivity contribution in [1.82, 2.24) is 9.62 Å². The van der Waals surface area contributed by atoms with Crippen molar-refractivity contribution < 1.29 is 17.9 Å². The zero-order valence-electron chi connectivity index (χ0n) is 16.1. The van der Waals surface area contributed by atoms with Crippen LogP contribution in [0.2, 0.25) is 0 Å². The maximum Gasteiger partial charge on any atom is 0.243 e. The molecule has 0 unspecified atom stereocenters. The number of carbonyl (C=O) groups is 1. The van der Waals surface area contributed by atoms with E-state index in [1.165, 1.54) is 26.3 Å². The van der Waals surface area contributed by atoms with E-state index in [4.69, 9.17) is 4.74 Å². The minimum Gasteiger partial charge on any atom is -0.497 e. The Morgan fingerprint density at radius 3 is 2.22 bits per heavy atom. The number of nitrogens with zero attached hydrogens (tertiary/aromatic N) is 1. The van der Waals surface area contributed by atoms with Crippen molar-refractivity contribution in [2.24, 2.45) is 0 Å². The highest BCUT2D eigenvalue weighted by Crippen LogP contribution is 2.19. The molecular weight excluding hydrogens is 364 g/mol. The number of aryl methyl sites for hydroxylation is 1. The predicted molar refractivity (Wildman–Crippen MR) is 105 cm³/mol. The summed E-state index contributed by atoms with van der Waals surface area (Å²) >= 11 is 0. The largest absolute Gasteiger partial charge is 0.497 e. The second-order valence-corrected chi connectivity index (χ2v) is 8.42.